The van der Waals surface area contributed by atoms with Crippen LogP contribution in [0.1, 0.15) is 12.5 Å². The van der Waals surface area contributed by atoms with E-state index >= 15 is 0 Å². The van der Waals surface area contributed by atoms with Crippen molar-refractivity contribution in [1.82, 2.24) is 0 Å². The summed E-state index contributed by atoms with van der Waals surface area (Å²) < 4.78 is 5.33. The third kappa shape index (κ3) is 1.62. The van der Waals surface area contributed by atoms with Gasteiger partial charge in [0.2, 0.25) is 0 Å². The summed E-state index contributed by atoms with van der Waals surface area (Å²) in [6.07, 6.45) is 3.29. The lowest BCUT2D eigenvalue weighted by Gasteiger charge is -2.22. The van der Waals surface area contributed by atoms with Crippen molar-refractivity contribution in [2.45, 2.75) is 12.5 Å². The first-order chi connectivity index (χ1) is 8.17. The molecule has 1 heterocycles. The lowest BCUT2D eigenvalue weighted by atomic mass is 9.94. The highest BCUT2D eigenvalue weighted by molar-refractivity contribution is 5.87. The van der Waals surface area contributed by atoms with Crippen molar-refractivity contribution in [3.05, 3.63) is 60.2 Å². The van der Waals surface area contributed by atoms with Gasteiger partial charge in [-0.05, 0) is 35.4 Å². The van der Waals surface area contributed by atoms with E-state index in [-0.39, 0.29) is 5.97 Å². The fourth-order valence-corrected chi connectivity index (χ4v) is 2.16. The van der Waals surface area contributed by atoms with E-state index in [1.165, 1.54) is 11.5 Å². The van der Waals surface area contributed by atoms with Gasteiger partial charge in [-0.25, -0.2) is 4.79 Å². The maximum atomic E-state index is 11.2. The monoisotopic (exact) mass is 224 g/mol. The lowest BCUT2D eigenvalue weighted by molar-refractivity contribution is -0.145. The molecule has 84 valence electrons. The molecule has 0 bridgehead atoms. The quantitative estimate of drug-likeness (QED) is 0.695. The van der Waals surface area contributed by atoms with Crippen LogP contribution in [0, 0.1) is 0 Å². The third-order valence-electron chi connectivity index (χ3n) is 3.17. The van der Waals surface area contributed by atoms with E-state index in [0.29, 0.717) is 0 Å². The van der Waals surface area contributed by atoms with Crippen molar-refractivity contribution >= 4 is 16.7 Å². The molecule has 1 atom stereocenters. The average Bonchev–Trinajstić information content (AvgIpc) is 2.70. The molecule has 0 aliphatic carbocycles. The fourth-order valence-electron chi connectivity index (χ4n) is 2.16. The molecule has 0 amide bonds. The minimum atomic E-state index is -0.624. The van der Waals surface area contributed by atoms with E-state index < -0.39 is 5.60 Å². The van der Waals surface area contributed by atoms with Crippen molar-refractivity contribution in [2.24, 2.45) is 0 Å². The molecular formula is C15H12O2. The molecular weight excluding hydrogens is 212 g/mol. The van der Waals surface area contributed by atoms with Crippen molar-refractivity contribution < 1.29 is 9.53 Å². The predicted molar refractivity (Wildman–Crippen MR) is 66.5 cm³/mol. The van der Waals surface area contributed by atoms with Crippen LogP contribution in [0.2, 0.25) is 0 Å². The van der Waals surface area contributed by atoms with Gasteiger partial charge in [0, 0.05) is 6.08 Å². The van der Waals surface area contributed by atoms with Crippen molar-refractivity contribution in [1.29, 1.82) is 0 Å². The Morgan fingerprint density at radius 3 is 2.53 bits per heavy atom. The Kier molecular flexibility index (Phi) is 2.05. The van der Waals surface area contributed by atoms with E-state index in [0.717, 1.165) is 10.9 Å². The number of ether oxygens (including phenoxy) is 1. The average molecular weight is 224 g/mol. The van der Waals surface area contributed by atoms with E-state index in [2.05, 4.69) is 24.3 Å². The summed E-state index contributed by atoms with van der Waals surface area (Å²) >= 11 is 0. The molecule has 0 fully saturated rings. The van der Waals surface area contributed by atoms with Gasteiger partial charge in [-0.15, -0.1) is 0 Å². The summed E-state index contributed by atoms with van der Waals surface area (Å²) in [6, 6.07) is 14.3. The molecule has 17 heavy (non-hydrogen) atoms. The number of fused-ring (bicyclic) bond motifs is 1. The summed E-state index contributed by atoms with van der Waals surface area (Å²) in [5, 5.41) is 2.34. The third-order valence-corrected chi connectivity index (χ3v) is 3.17. The van der Waals surface area contributed by atoms with Gasteiger partial charge in [-0.1, -0.05) is 36.4 Å². The van der Waals surface area contributed by atoms with E-state index in [1.807, 2.05) is 25.1 Å². The Bertz CT molecular complexity index is 628. The van der Waals surface area contributed by atoms with Gasteiger partial charge in [-0.3, -0.25) is 0 Å². The normalized spacial score (nSPS) is 23.0. The Morgan fingerprint density at radius 1 is 1.06 bits per heavy atom. The highest BCUT2D eigenvalue weighted by atomic mass is 16.6. The van der Waals surface area contributed by atoms with E-state index in [1.54, 1.807) is 6.08 Å². The predicted octanol–water partition coefficient (Wildman–Crippen LogP) is 3.17. The molecule has 0 saturated heterocycles. The number of benzene rings is 2. The fraction of sp³-hybridized carbons (Fsp3) is 0.133. The largest absolute Gasteiger partial charge is 0.447 e. The second-order valence-electron chi connectivity index (χ2n) is 4.42. The van der Waals surface area contributed by atoms with Gasteiger partial charge in [0.1, 0.15) is 0 Å². The maximum Gasteiger partial charge on any atom is 0.331 e. The van der Waals surface area contributed by atoms with Crippen LogP contribution in [0.5, 0.6) is 0 Å². The topological polar surface area (TPSA) is 26.3 Å². The summed E-state index contributed by atoms with van der Waals surface area (Å²) in [5.74, 6) is -0.277. The molecule has 0 aromatic heterocycles. The maximum absolute atomic E-state index is 11.2. The van der Waals surface area contributed by atoms with Gasteiger partial charge in [0.15, 0.2) is 5.60 Å². The first-order valence-electron chi connectivity index (χ1n) is 5.59. The number of rotatable bonds is 1. The second-order valence-corrected chi connectivity index (χ2v) is 4.42. The van der Waals surface area contributed by atoms with Gasteiger partial charge < -0.3 is 4.74 Å². The number of cyclic esters (lactones) is 1. The second kappa shape index (κ2) is 3.45. The minimum absolute atomic E-state index is 0.277. The Morgan fingerprint density at radius 2 is 1.82 bits per heavy atom. The number of hydrogen-bond acceptors (Lipinski definition) is 2. The van der Waals surface area contributed by atoms with Crippen LogP contribution in [0.3, 0.4) is 0 Å². The number of esters is 1. The highest BCUT2D eigenvalue weighted by Crippen LogP contribution is 2.32. The molecule has 2 aromatic rings. The van der Waals surface area contributed by atoms with Crippen LogP contribution in [0.4, 0.5) is 0 Å². The van der Waals surface area contributed by atoms with Crippen LogP contribution >= 0.6 is 0 Å². The first kappa shape index (κ1) is 10.1. The minimum Gasteiger partial charge on any atom is -0.447 e. The van der Waals surface area contributed by atoms with Crippen LogP contribution in [0.15, 0.2) is 54.6 Å². The van der Waals surface area contributed by atoms with Crippen LogP contribution in [-0.4, -0.2) is 5.97 Å². The summed E-state index contributed by atoms with van der Waals surface area (Å²) in [4.78, 5) is 11.2. The molecule has 3 rings (SSSR count). The summed E-state index contributed by atoms with van der Waals surface area (Å²) in [7, 11) is 0. The molecule has 2 nitrogen and oxygen atoms in total. The Labute approximate surface area is 99.5 Å². The summed E-state index contributed by atoms with van der Waals surface area (Å²) in [6.45, 7) is 1.90. The highest BCUT2D eigenvalue weighted by Gasteiger charge is 2.32. The first-order valence-corrected chi connectivity index (χ1v) is 5.59. The molecule has 0 saturated carbocycles. The molecule has 1 aliphatic rings. The zero-order valence-electron chi connectivity index (χ0n) is 9.51. The molecule has 0 N–H and O–H groups in total. The number of carbonyl (C=O) groups is 1. The molecule has 1 aliphatic heterocycles. The molecule has 0 radical (unpaired) electrons. The van der Waals surface area contributed by atoms with Crippen molar-refractivity contribution in [3.63, 3.8) is 0 Å². The Balaban J connectivity index is 2.13. The summed E-state index contributed by atoms with van der Waals surface area (Å²) in [5.41, 5.74) is 0.375. The molecule has 0 unspecified atom stereocenters. The standard InChI is InChI=1S/C15H12O2/c1-15(9-8-14(16)17-15)13-7-6-11-4-2-3-5-12(11)10-13/h2-10H,1H3/t15-/m1/s1. The molecule has 2 aromatic carbocycles. The smallest absolute Gasteiger partial charge is 0.331 e. The van der Waals surface area contributed by atoms with Gasteiger partial charge >= 0.3 is 5.97 Å². The zero-order valence-corrected chi connectivity index (χ0v) is 9.51. The molecule has 0 spiro atoms. The number of carbonyl (C=O) groups excluding carboxylic acids is 1. The van der Waals surface area contributed by atoms with Gasteiger partial charge in [0.25, 0.3) is 0 Å². The van der Waals surface area contributed by atoms with Gasteiger partial charge in [0.05, 0.1) is 0 Å². The van der Waals surface area contributed by atoms with Crippen LogP contribution < -0.4 is 0 Å². The van der Waals surface area contributed by atoms with E-state index in [9.17, 15) is 4.79 Å². The van der Waals surface area contributed by atoms with E-state index in [4.69, 9.17) is 4.74 Å². The number of hydrogen-bond donors (Lipinski definition) is 0. The lowest BCUT2D eigenvalue weighted by Crippen LogP contribution is -2.20. The SMILES string of the molecule is C[C@]1(c2ccc3ccccc3c2)C=CC(=O)O1. The van der Waals surface area contributed by atoms with Crippen molar-refractivity contribution in [2.75, 3.05) is 0 Å². The van der Waals surface area contributed by atoms with Crippen molar-refractivity contribution in [3.8, 4) is 0 Å². The molecule has 2 heteroatoms. The van der Waals surface area contributed by atoms with Crippen LogP contribution in [0.25, 0.3) is 10.8 Å². The van der Waals surface area contributed by atoms with Gasteiger partial charge in [-0.2, -0.15) is 0 Å². The Hall–Kier alpha value is -2.09. The van der Waals surface area contributed by atoms with Crippen LogP contribution in [-0.2, 0) is 15.1 Å². The zero-order chi connectivity index (χ0) is 11.9.